The number of thiophene rings is 1. The van der Waals surface area contributed by atoms with E-state index >= 15 is 0 Å². The summed E-state index contributed by atoms with van der Waals surface area (Å²) in [5, 5.41) is 1.17. The van der Waals surface area contributed by atoms with Crippen LogP contribution >= 0.6 is 23.1 Å². The first-order valence-electron chi connectivity index (χ1n) is 5.20. The van der Waals surface area contributed by atoms with Gasteiger partial charge in [-0.3, -0.25) is 4.79 Å². The zero-order valence-electron chi connectivity index (χ0n) is 8.68. The molecule has 2 nitrogen and oxygen atoms in total. The van der Waals surface area contributed by atoms with Crippen molar-refractivity contribution in [1.29, 1.82) is 0 Å². The van der Waals surface area contributed by atoms with E-state index in [4.69, 9.17) is 0 Å². The van der Waals surface area contributed by atoms with E-state index in [0.29, 0.717) is 0 Å². The monoisotopic (exact) mass is 249 g/mol. The van der Waals surface area contributed by atoms with Crippen molar-refractivity contribution < 1.29 is 4.79 Å². The van der Waals surface area contributed by atoms with Gasteiger partial charge in [-0.15, -0.1) is 23.1 Å². The van der Waals surface area contributed by atoms with Crippen LogP contribution in [0.2, 0.25) is 0 Å². The Balaban J connectivity index is 1.96. The molecule has 1 aromatic carbocycles. The molecule has 2 heterocycles. The average molecular weight is 249 g/mol. The molecule has 0 bridgehead atoms. The molecule has 1 aromatic heterocycles. The molecule has 0 saturated carbocycles. The van der Waals surface area contributed by atoms with E-state index in [1.807, 2.05) is 34.9 Å². The molecule has 0 N–H and O–H groups in total. The van der Waals surface area contributed by atoms with Gasteiger partial charge in [0.1, 0.15) is 0 Å². The van der Waals surface area contributed by atoms with Crippen LogP contribution in [0.4, 0.5) is 0 Å². The van der Waals surface area contributed by atoms with Crippen molar-refractivity contribution >= 4 is 39.1 Å². The van der Waals surface area contributed by atoms with Gasteiger partial charge in [0, 0.05) is 17.0 Å². The van der Waals surface area contributed by atoms with Crippen LogP contribution < -0.4 is 0 Å². The summed E-state index contributed by atoms with van der Waals surface area (Å²) in [6.45, 7) is 0.887. The number of carbonyl (C=O) groups is 1. The lowest BCUT2D eigenvalue weighted by molar-refractivity contribution is 0.0807. The fraction of sp³-hybridized carbons (Fsp3) is 0.250. The molecule has 3 rings (SSSR count). The van der Waals surface area contributed by atoms with E-state index in [9.17, 15) is 4.79 Å². The average Bonchev–Trinajstić information content (AvgIpc) is 2.97. The molecule has 1 fully saturated rings. The van der Waals surface area contributed by atoms with Gasteiger partial charge in [-0.2, -0.15) is 0 Å². The number of fused-ring (bicyclic) bond motifs is 1. The van der Waals surface area contributed by atoms with Gasteiger partial charge in [-0.25, -0.2) is 0 Å². The molecule has 2 aromatic rings. The molecular formula is C12H11NOS2. The van der Waals surface area contributed by atoms with Crippen LogP contribution in [-0.4, -0.2) is 29.0 Å². The molecule has 0 aliphatic carbocycles. The number of thioether (sulfide) groups is 1. The standard InChI is InChI=1S/C12H11NOS2/c14-12(13-5-6-15-8-13)11-7-9-3-1-2-4-10(9)16-11/h1-4,7H,5-6,8H2. The summed E-state index contributed by atoms with van der Waals surface area (Å²) in [5.41, 5.74) is 0. The molecule has 0 unspecified atom stereocenters. The molecule has 16 heavy (non-hydrogen) atoms. The molecule has 0 radical (unpaired) electrons. The van der Waals surface area contributed by atoms with E-state index in [0.717, 1.165) is 23.1 Å². The second kappa shape index (κ2) is 4.11. The van der Waals surface area contributed by atoms with Crippen molar-refractivity contribution in [1.82, 2.24) is 4.90 Å². The van der Waals surface area contributed by atoms with Crippen molar-refractivity contribution in [2.24, 2.45) is 0 Å². The zero-order chi connectivity index (χ0) is 11.0. The van der Waals surface area contributed by atoms with Gasteiger partial charge in [0.2, 0.25) is 0 Å². The lowest BCUT2D eigenvalue weighted by atomic mass is 10.2. The summed E-state index contributed by atoms with van der Waals surface area (Å²) in [5.74, 6) is 2.09. The Morgan fingerprint density at radius 3 is 2.94 bits per heavy atom. The first-order chi connectivity index (χ1) is 7.84. The van der Waals surface area contributed by atoms with Gasteiger partial charge in [-0.1, -0.05) is 18.2 Å². The SMILES string of the molecule is O=C(c1cc2ccccc2s1)N1CCSC1. The Labute approximate surface area is 102 Å². The number of amides is 1. The normalized spacial score (nSPS) is 15.9. The Morgan fingerprint density at radius 2 is 2.19 bits per heavy atom. The second-order valence-corrected chi connectivity index (χ2v) is 5.91. The van der Waals surface area contributed by atoms with Crippen molar-refractivity contribution in [2.45, 2.75) is 0 Å². The lowest BCUT2D eigenvalue weighted by Crippen LogP contribution is -2.26. The third kappa shape index (κ3) is 1.72. The first kappa shape index (κ1) is 10.2. The summed E-state index contributed by atoms with van der Waals surface area (Å²) in [6.07, 6.45) is 0. The Kier molecular flexibility index (Phi) is 2.61. The maximum Gasteiger partial charge on any atom is 0.264 e. The molecule has 4 heteroatoms. The van der Waals surface area contributed by atoms with Crippen molar-refractivity contribution in [3.63, 3.8) is 0 Å². The van der Waals surface area contributed by atoms with Crippen LogP contribution in [0.3, 0.4) is 0 Å². The third-order valence-electron chi connectivity index (χ3n) is 2.68. The molecular weight excluding hydrogens is 238 g/mol. The quantitative estimate of drug-likeness (QED) is 0.774. The maximum absolute atomic E-state index is 12.1. The fourth-order valence-corrected chi connectivity index (χ4v) is 3.79. The predicted octanol–water partition coefficient (Wildman–Crippen LogP) is 3.05. The smallest absolute Gasteiger partial charge is 0.264 e. The molecule has 82 valence electrons. The number of benzene rings is 1. The van der Waals surface area contributed by atoms with Gasteiger partial charge in [0.15, 0.2) is 0 Å². The van der Waals surface area contributed by atoms with Crippen LogP contribution in [0.5, 0.6) is 0 Å². The Morgan fingerprint density at radius 1 is 1.31 bits per heavy atom. The van der Waals surface area contributed by atoms with Gasteiger partial charge in [0.05, 0.1) is 10.8 Å². The number of rotatable bonds is 1. The Hall–Kier alpha value is -1.00. The highest BCUT2D eigenvalue weighted by Crippen LogP contribution is 2.27. The summed E-state index contributed by atoms with van der Waals surface area (Å²) in [7, 11) is 0. The molecule has 1 saturated heterocycles. The van der Waals surface area contributed by atoms with Crippen LogP contribution in [0.1, 0.15) is 9.67 Å². The zero-order valence-corrected chi connectivity index (χ0v) is 10.3. The minimum atomic E-state index is 0.186. The van der Waals surface area contributed by atoms with Gasteiger partial charge in [-0.05, 0) is 17.5 Å². The number of hydrogen-bond acceptors (Lipinski definition) is 3. The van der Waals surface area contributed by atoms with Crippen molar-refractivity contribution in [3.8, 4) is 0 Å². The maximum atomic E-state index is 12.1. The number of hydrogen-bond donors (Lipinski definition) is 0. The van der Waals surface area contributed by atoms with E-state index in [2.05, 4.69) is 12.1 Å². The highest BCUT2D eigenvalue weighted by atomic mass is 32.2. The number of carbonyl (C=O) groups excluding carboxylic acids is 1. The summed E-state index contributed by atoms with van der Waals surface area (Å²) >= 11 is 3.41. The second-order valence-electron chi connectivity index (χ2n) is 3.75. The number of nitrogens with zero attached hydrogens (tertiary/aromatic N) is 1. The summed E-state index contributed by atoms with van der Waals surface area (Å²) in [4.78, 5) is 14.9. The lowest BCUT2D eigenvalue weighted by Gasteiger charge is -2.12. The molecule has 1 aliphatic heterocycles. The largest absolute Gasteiger partial charge is 0.328 e. The predicted molar refractivity (Wildman–Crippen MR) is 70.2 cm³/mol. The highest BCUT2D eigenvalue weighted by molar-refractivity contribution is 7.99. The van der Waals surface area contributed by atoms with Crippen molar-refractivity contribution in [3.05, 3.63) is 35.2 Å². The van der Waals surface area contributed by atoms with Crippen LogP contribution in [0, 0.1) is 0 Å². The van der Waals surface area contributed by atoms with Gasteiger partial charge < -0.3 is 4.90 Å². The Bertz CT molecular complexity index is 496. The van der Waals surface area contributed by atoms with Gasteiger partial charge in [0.25, 0.3) is 5.91 Å². The minimum Gasteiger partial charge on any atom is -0.328 e. The van der Waals surface area contributed by atoms with Crippen molar-refractivity contribution in [2.75, 3.05) is 18.2 Å². The molecule has 0 spiro atoms. The highest BCUT2D eigenvalue weighted by Gasteiger charge is 2.21. The molecule has 0 atom stereocenters. The van der Waals surface area contributed by atoms with E-state index in [1.54, 1.807) is 11.3 Å². The summed E-state index contributed by atoms with van der Waals surface area (Å²) < 4.78 is 1.19. The van der Waals surface area contributed by atoms with Crippen LogP contribution in [-0.2, 0) is 0 Å². The summed E-state index contributed by atoms with van der Waals surface area (Å²) in [6, 6.07) is 10.1. The van der Waals surface area contributed by atoms with Gasteiger partial charge >= 0.3 is 0 Å². The molecule has 1 amide bonds. The van der Waals surface area contributed by atoms with Crippen LogP contribution in [0.25, 0.3) is 10.1 Å². The van der Waals surface area contributed by atoms with Crippen LogP contribution in [0.15, 0.2) is 30.3 Å². The fourth-order valence-electron chi connectivity index (χ4n) is 1.82. The first-order valence-corrected chi connectivity index (χ1v) is 7.17. The van der Waals surface area contributed by atoms with E-state index in [-0.39, 0.29) is 5.91 Å². The van der Waals surface area contributed by atoms with E-state index < -0.39 is 0 Å². The topological polar surface area (TPSA) is 20.3 Å². The third-order valence-corrected chi connectivity index (χ3v) is 4.75. The minimum absolute atomic E-state index is 0.186. The molecule has 1 aliphatic rings. The van der Waals surface area contributed by atoms with E-state index in [1.165, 1.54) is 10.1 Å².